The molecule has 3 fully saturated rings. The zero-order valence-corrected chi connectivity index (χ0v) is 22.0. The highest BCUT2D eigenvalue weighted by molar-refractivity contribution is 9.09. The number of rotatable bonds is 11. The normalized spacial score (nSPS) is 30.7. The van der Waals surface area contributed by atoms with Gasteiger partial charge in [0.05, 0.1) is 16.6 Å². The maximum Gasteiger partial charge on any atom is 0.311 e. The quantitative estimate of drug-likeness (QED) is 0.253. The number of carbonyl (C=O) groups is 3. The van der Waals surface area contributed by atoms with Gasteiger partial charge in [-0.25, -0.2) is 0 Å². The van der Waals surface area contributed by atoms with Gasteiger partial charge in [0.1, 0.15) is 12.6 Å². The van der Waals surface area contributed by atoms with Gasteiger partial charge in [0.15, 0.2) is 0 Å². The first-order valence-electron chi connectivity index (χ1n) is 11.8. The van der Waals surface area contributed by atoms with E-state index in [1.165, 1.54) is 6.08 Å². The van der Waals surface area contributed by atoms with Gasteiger partial charge in [0.2, 0.25) is 11.8 Å². The molecule has 6 atom stereocenters. The number of likely N-dealkylation sites (tertiary alicyclic amines) is 1. The summed E-state index contributed by atoms with van der Waals surface area (Å²) in [4.78, 5) is 44.4. The van der Waals surface area contributed by atoms with Gasteiger partial charge >= 0.3 is 5.97 Å². The highest BCUT2D eigenvalue weighted by Crippen LogP contribution is 2.68. The molecule has 2 amide bonds. The van der Waals surface area contributed by atoms with Crippen LogP contribution < -0.4 is 0 Å². The van der Waals surface area contributed by atoms with Crippen LogP contribution in [-0.2, 0) is 25.7 Å². The molecule has 188 valence electrons. The van der Waals surface area contributed by atoms with Crippen LogP contribution in [0.5, 0.6) is 0 Å². The fourth-order valence-corrected chi connectivity index (χ4v) is 9.36. The Hall–Kier alpha value is -2.10. The van der Waals surface area contributed by atoms with Crippen molar-refractivity contribution >= 4 is 45.5 Å². The molecule has 0 radical (unpaired) electrons. The Morgan fingerprint density at radius 2 is 2.03 bits per heavy atom. The first-order chi connectivity index (χ1) is 16.9. The number of carbonyl (C=O) groups excluding carboxylic acids is 3. The van der Waals surface area contributed by atoms with Crippen molar-refractivity contribution < 1.29 is 24.2 Å². The topological polar surface area (TPSA) is 87.1 Å². The minimum absolute atomic E-state index is 0.0205. The monoisotopic (exact) mass is 562 g/mol. The van der Waals surface area contributed by atoms with Gasteiger partial charge in [0, 0.05) is 36.3 Å². The predicted octanol–water partition coefficient (Wildman–Crippen LogP) is 2.78. The first kappa shape index (κ1) is 26.0. The van der Waals surface area contributed by atoms with Crippen LogP contribution in [0.4, 0.5) is 0 Å². The third kappa shape index (κ3) is 4.58. The Morgan fingerprint density at radius 1 is 1.29 bits per heavy atom. The number of ether oxygens (including phenoxy) is 1. The van der Waals surface area contributed by atoms with Gasteiger partial charge < -0.3 is 19.6 Å². The Bertz CT molecular complexity index is 991. The van der Waals surface area contributed by atoms with Gasteiger partial charge in [0.25, 0.3) is 0 Å². The predicted molar refractivity (Wildman–Crippen MR) is 139 cm³/mol. The van der Waals surface area contributed by atoms with E-state index < -0.39 is 28.6 Å². The Labute approximate surface area is 218 Å². The average molecular weight is 564 g/mol. The van der Waals surface area contributed by atoms with E-state index in [2.05, 4.69) is 29.1 Å². The molecule has 1 spiro atoms. The van der Waals surface area contributed by atoms with Crippen LogP contribution in [-0.4, -0.2) is 79.9 Å². The van der Waals surface area contributed by atoms with E-state index in [0.717, 1.165) is 5.56 Å². The Balaban J connectivity index is 1.71. The molecule has 4 rings (SSSR count). The summed E-state index contributed by atoms with van der Waals surface area (Å²) >= 11 is 5.31. The number of nitrogens with zero attached hydrogens (tertiary/aromatic N) is 2. The van der Waals surface area contributed by atoms with Crippen LogP contribution in [0.15, 0.2) is 55.6 Å². The van der Waals surface area contributed by atoms with Crippen molar-refractivity contribution in [2.45, 2.75) is 40.3 Å². The maximum atomic E-state index is 14.2. The molecule has 3 unspecified atom stereocenters. The summed E-state index contributed by atoms with van der Waals surface area (Å²) < 4.78 is 4.66. The molecular formula is C26H31BrN2O5S. The van der Waals surface area contributed by atoms with Crippen molar-refractivity contribution in [3.8, 4) is 0 Å². The van der Waals surface area contributed by atoms with Crippen molar-refractivity contribution in [1.29, 1.82) is 0 Å². The molecule has 0 aliphatic carbocycles. The summed E-state index contributed by atoms with van der Waals surface area (Å²) in [5, 5.41) is 9.34. The number of esters is 1. The van der Waals surface area contributed by atoms with E-state index in [1.54, 1.807) is 27.6 Å². The van der Waals surface area contributed by atoms with E-state index >= 15 is 0 Å². The third-order valence-corrected chi connectivity index (χ3v) is 10.3. The number of benzene rings is 1. The molecule has 0 aromatic heterocycles. The largest absolute Gasteiger partial charge is 0.461 e. The van der Waals surface area contributed by atoms with Crippen molar-refractivity contribution in [2.75, 3.05) is 26.3 Å². The van der Waals surface area contributed by atoms with E-state index in [4.69, 9.17) is 4.74 Å². The molecule has 9 heteroatoms. The number of aliphatic hydroxyl groups is 1. The zero-order valence-electron chi connectivity index (χ0n) is 19.6. The summed E-state index contributed by atoms with van der Waals surface area (Å²) in [6.45, 7) is 8.41. The lowest BCUT2D eigenvalue weighted by molar-refractivity contribution is -0.153. The van der Waals surface area contributed by atoms with Gasteiger partial charge in [-0.15, -0.1) is 18.3 Å². The van der Waals surface area contributed by atoms with Crippen LogP contribution in [0.1, 0.15) is 18.4 Å². The number of hydrogen-bond acceptors (Lipinski definition) is 6. The summed E-state index contributed by atoms with van der Waals surface area (Å²) in [6.07, 6.45) is 4.15. The smallest absolute Gasteiger partial charge is 0.311 e. The Morgan fingerprint density at radius 3 is 2.69 bits per heavy atom. The van der Waals surface area contributed by atoms with Crippen LogP contribution in [0.2, 0.25) is 0 Å². The molecule has 3 aliphatic rings. The number of thioether (sulfide) groups is 1. The van der Waals surface area contributed by atoms with Crippen LogP contribution in [0.25, 0.3) is 0 Å². The van der Waals surface area contributed by atoms with Crippen LogP contribution in [0.3, 0.4) is 0 Å². The number of halogens is 1. The van der Waals surface area contributed by atoms with Gasteiger partial charge in [-0.1, -0.05) is 65.0 Å². The molecule has 0 saturated carbocycles. The third-order valence-electron chi connectivity index (χ3n) is 7.07. The minimum Gasteiger partial charge on any atom is -0.461 e. The van der Waals surface area contributed by atoms with Gasteiger partial charge in [-0.3, -0.25) is 14.4 Å². The highest BCUT2D eigenvalue weighted by atomic mass is 79.9. The molecule has 3 aliphatic heterocycles. The molecule has 2 bridgehead atoms. The number of fused-ring (bicyclic) bond motifs is 1. The second-order valence-corrected chi connectivity index (χ2v) is 11.9. The SMILES string of the molecule is C=CCOC(=O)[C@H]1[C@H]2C(=O)N(CCCO)C(C(=O)N(CC=C)Cc3ccccc3)C23CC(Br)[C@@H]1S3. The summed E-state index contributed by atoms with van der Waals surface area (Å²) in [5.41, 5.74) is 0.982. The average Bonchev–Trinajstić information content (AvgIpc) is 3.44. The lowest BCUT2D eigenvalue weighted by Crippen LogP contribution is -2.55. The molecule has 3 saturated heterocycles. The Kier molecular flexibility index (Phi) is 8.08. The molecule has 1 aromatic rings. The fourth-order valence-electron chi connectivity index (χ4n) is 5.76. The summed E-state index contributed by atoms with van der Waals surface area (Å²) in [6, 6.07) is 8.97. The molecule has 1 aromatic carbocycles. The second kappa shape index (κ2) is 10.9. The number of amides is 2. The van der Waals surface area contributed by atoms with Crippen molar-refractivity contribution in [3.05, 3.63) is 61.2 Å². The minimum atomic E-state index is -0.740. The van der Waals surface area contributed by atoms with Crippen LogP contribution in [0, 0.1) is 11.8 Å². The lowest BCUT2D eigenvalue weighted by Gasteiger charge is -2.37. The summed E-state index contributed by atoms with van der Waals surface area (Å²) in [5.74, 6) is -2.06. The maximum absolute atomic E-state index is 14.2. The summed E-state index contributed by atoms with van der Waals surface area (Å²) in [7, 11) is 0. The highest BCUT2D eigenvalue weighted by Gasteiger charge is 2.76. The van der Waals surface area contributed by atoms with E-state index in [1.807, 2.05) is 30.3 Å². The number of hydrogen-bond donors (Lipinski definition) is 1. The van der Waals surface area contributed by atoms with Gasteiger partial charge in [-0.05, 0) is 18.4 Å². The van der Waals surface area contributed by atoms with Crippen molar-refractivity contribution in [1.82, 2.24) is 9.80 Å². The van der Waals surface area contributed by atoms with Gasteiger partial charge in [-0.2, -0.15) is 0 Å². The standard InChI is InChI=1S/C26H31BrN2O5S/c1-3-11-28(16-17-9-6-5-7-10-17)24(32)22-26-15-18(27)21(35-26)19(25(33)34-14-4-2)20(26)23(31)29(22)12-8-13-30/h3-7,9-10,18-22,30H,1-2,8,11-16H2/t18?,19-,20-,21-,22?,26?/m0/s1. The molecule has 3 heterocycles. The first-order valence-corrected chi connectivity index (χ1v) is 13.6. The number of alkyl halides is 1. The zero-order chi connectivity index (χ0) is 25.2. The number of aliphatic hydroxyl groups excluding tert-OH is 1. The second-order valence-electron chi connectivity index (χ2n) is 9.18. The van der Waals surface area contributed by atoms with E-state index in [-0.39, 0.29) is 41.6 Å². The molecule has 1 N–H and O–H groups in total. The van der Waals surface area contributed by atoms with Crippen LogP contribution >= 0.6 is 27.7 Å². The fraction of sp³-hybridized carbons (Fsp3) is 0.500. The van der Waals surface area contributed by atoms with Crippen molar-refractivity contribution in [2.24, 2.45) is 11.8 Å². The molecular weight excluding hydrogens is 532 g/mol. The molecule has 7 nitrogen and oxygen atoms in total. The van der Waals surface area contributed by atoms with E-state index in [9.17, 15) is 19.5 Å². The van der Waals surface area contributed by atoms with E-state index in [0.29, 0.717) is 25.9 Å². The molecule has 35 heavy (non-hydrogen) atoms. The lowest BCUT2D eigenvalue weighted by atomic mass is 9.71. The van der Waals surface area contributed by atoms with Crippen molar-refractivity contribution in [3.63, 3.8) is 0 Å².